The maximum Gasteiger partial charge on any atom is 0.242 e. The molecule has 19 heavy (non-hydrogen) atoms. The second-order valence-corrected chi connectivity index (χ2v) is 6.95. The Morgan fingerprint density at radius 2 is 1.84 bits per heavy atom. The number of rotatable bonds is 3. The maximum absolute atomic E-state index is 12.3. The van der Waals surface area contributed by atoms with E-state index in [9.17, 15) is 13.5 Å². The SMILES string of the molecule is O=S(=O)(NC1CCCCCC1O)c1ccccc1Cl. The largest absolute Gasteiger partial charge is 0.391 e. The first-order valence-electron chi connectivity index (χ1n) is 6.45. The molecule has 0 aromatic heterocycles. The molecule has 0 aliphatic heterocycles. The van der Waals surface area contributed by atoms with Gasteiger partial charge in [0.1, 0.15) is 4.90 Å². The van der Waals surface area contributed by atoms with Gasteiger partial charge in [0.2, 0.25) is 10.0 Å². The predicted octanol–water partition coefficient (Wildman–Crippen LogP) is 2.31. The van der Waals surface area contributed by atoms with Crippen LogP contribution < -0.4 is 4.72 Å². The van der Waals surface area contributed by atoms with Crippen LogP contribution in [-0.2, 0) is 10.0 Å². The molecule has 0 amide bonds. The summed E-state index contributed by atoms with van der Waals surface area (Å²) in [5.74, 6) is 0. The smallest absolute Gasteiger partial charge is 0.242 e. The molecular formula is C13H18ClNO3S. The van der Waals surface area contributed by atoms with Crippen molar-refractivity contribution in [3.8, 4) is 0 Å². The Balaban J connectivity index is 2.19. The van der Waals surface area contributed by atoms with E-state index in [1.807, 2.05) is 0 Å². The second-order valence-electron chi connectivity index (χ2n) is 4.86. The summed E-state index contributed by atoms with van der Waals surface area (Å²) < 4.78 is 27.1. The van der Waals surface area contributed by atoms with Gasteiger partial charge in [-0.05, 0) is 25.0 Å². The summed E-state index contributed by atoms with van der Waals surface area (Å²) in [7, 11) is -3.68. The van der Waals surface area contributed by atoms with Crippen molar-refractivity contribution in [3.63, 3.8) is 0 Å². The predicted molar refractivity (Wildman–Crippen MR) is 74.7 cm³/mol. The summed E-state index contributed by atoms with van der Waals surface area (Å²) in [5, 5.41) is 10.2. The maximum atomic E-state index is 12.3. The zero-order valence-electron chi connectivity index (χ0n) is 10.5. The van der Waals surface area contributed by atoms with Gasteiger partial charge in [0.15, 0.2) is 0 Å². The standard InChI is InChI=1S/C13H18ClNO3S/c14-10-6-4-5-9-13(10)19(17,18)15-11-7-2-1-3-8-12(11)16/h4-6,9,11-12,15-16H,1-3,7-8H2. The van der Waals surface area contributed by atoms with E-state index >= 15 is 0 Å². The Labute approximate surface area is 118 Å². The quantitative estimate of drug-likeness (QED) is 0.842. The molecule has 4 nitrogen and oxygen atoms in total. The summed E-state index contributed by atoms with van der Waals surface area (Å²) in [6.07, 6.45) is 3.56. The van der Waals surface area contributed by atoms with E-state index in [1.165, 1.54) is 6.07 Å². The Bertz CT molecular complexity index is 532. The number of hydrogen-bond acceptors (Lipinski definition) is 3. The molecule has 2 unspecified atom stereocenters. The number of aliphatic hydroxyl groups is 1. The molecule has 1 fully saturated rings. The zero-order chi connectivity index (χ0) is 13.9. The summed E-state index contributed by atoms with van der Waals surface area (Å²) in [6.45, 7) is 0. The summed E-state index contributed by atoms with van der Waals surface area (Å²) in [6, 6.07) is 5.89. The lowest BCUT2D eigenvalue weighted by Crippen LogP contribution is -2.42. The van der Waals surface area contributed by atoms with Crippen LogP contribution in [0, 0.1) is 0 Å². The van der Waals surface area contributed by atoms with Crippen molar-refractivity contribution in [2.24, 2.45) is 0 Å². The van der Waals surface area contributed by atoms with E-state index in [1.54, 1.807) is 18.2 Å². The molecule has 0 spiro atoms. The molecule has 106 valence electrons. The van der Waals surface area contributed by atoms with Gasteiger partial charge in [-0.2, -0.15) is 0 Å². The minimum Gasteiger partial charge on any atom is -0.391 e. The number of benzene rings is 1. The average Bonchev–Trinajstić information content (AvgIpc) is 2.55. The number of sulfonamides is 1. The fourth-order valence-electron chi connectivity index (χ4n) is 2.35. The molecule has 2 N–H and O–H groups in total. The van der Waals surface area contributed by atoms with Gasteiger partial charge in [-0.25, -0.2) is 13.1 Å². The highest BCUT2D eigenvalue weighted by Crippen LogP contribution is 2.23. The van der Waals surface area contributed by atoms with Crippen molar-refractivity contribution in [2.75, 3.05) is 0 Å². The molecule has 1 aromatic rings. The van der Waals surface area contributed by atoms with Gasteiger partial charge in [-0.15, -0.1) is 0 Å². The van der Waals surface area contributed by atoms with Crippen molar-refractivity contribution in [1.82, 2.24) is 4.72 Å². The summed E-state index contributed by atoms with van der Waals surface area (Å²) >= 11 is 5.91. The third-order valence-corrected chi connectivity index (χ3v) is 5.40. The van der Waals surface area contributed by atoms with Crippen LogP contribution in [-0.4, -0.2) is 25.7 Å². The van der Waals surface area contributed by atoms with Gasteiger partial charge in [0, 0.05) is 6.04 Å². The van der Waals surface area contributed by atoms with Gasteiger partial charge in [-0.3, -0.25) is 0 Å². The molecule has 2 rings (SSSR count). The Kier molecular flexibility index (Phi) is 4.84. The second kappa shape index (κ2) is 6.22. The van der Waals surface area contributed by atoms with Crippen LogP contribution in [0.25, 0.3) is 0 Å². The minimum atomic E-state index is -3.68. The van der Waals surface area contributed by atoms with Crippen molar-refractivity contribution < 1.29 is 13.5 Å². The molecule has 0 heterocycles. The fraction of sp³-hybridized carbons (Fsp3) is 0.538. The molecule has 0 bridgehead atoms. The number of nitrogens with one attached hydrogen (secondary N) is 1. The van der Waals surface area contributed by atoms with Crippen LogP contribution in [0.1, 0.15) is 32.1 Å². The lowest BCUT2D eigenvalue weighted by atomic mass is 10.1. The first-order chi connectivity index (χ1) is 9.00. The molecular weight excluding hydrogens is 286 g/mol. The third-order valence-electron chi connectivity index (χ3n) is 3.41. The van der Waals surface area contributed by atoms with Crippen LogP contribution in [0.2, 0.25) is 5.02 Å². The number of aliphatic hydroxyl groups excluding tert-OH is 1. The number of hydrogen-bond donors (Lipinski definition) is 2. The fourth-order valence-corrected chi connectivity index (χ4v) is 4.17. The van der Waals surface area contributed by atoms with E-state index in [4.69, 9.17) is 11.6 Å². The Morgan fingerprint density at radius 3 is 2.58 bits per heavy atom. The van der Waals surface area contributed by atoms with Crippen molar-refractivity contribution >= 4 is 21.6 Å². The van der Waals surface area contributed by atoms with Crippen molar-refractivity contribution in [3.05, 3.63) is 29.3 Å². The summed E-state index contributed by atoms with van der Waals surface area (Å²) in [5.41, 5.74) is 0. The van der Waals surface area contributed by atoms with Gasteiger partial charge < -0.3 is 5.11 Å². The summed E-state index contributed by atoms with van der Waals surface area (Å²) in [4.78, 5) is 0.0631. The monoisotopic (exact) mass is 303 g/mol. The molecule has 1 saturated carbocycles. The highest BCUT2D eigenvalue weighted by Gasteiger charge is 2.27. The lowest BCUT2D eigenvalue weighted by molar-refractivity contribution is 0.130. The first-order valence-corrected chi connectivity index (χ1v) is 8.32. The Morgan fingerprint density at radius 1 is 1.16 bits per heavy atom. The molecule has 2 atom stereocenters. The highest BCUT2D eigenvalue weighted by atomic mass is 35.5. The molecule has 0 saturated heterocycles. The van der Waals surface area contributed by atoms with Gasteiger partial charge in [-0.1, -0.05) is 43.0 Å². The van der Waals surface area contributed by atoms with Gasteiger partial charge in [0.25, 0.3) is 0 Å². The van der Waals surface area contributed by atoms with Gasteiger partial charge >= 0.3 is 0 Å². The van der Waals surface area contributed by atoms with E-state index < -0.39 is 22.2 Å². The van der Waals surface area contributed by atoms with Crippen molar-refractivity contribution in [2.45, 2.75) is 49.1 Å². The van der Waals surface area contributed by atoms with Crippen LogP contribution >= 0.6 is 11.6 Å². The Hall–Kier alpha value is -0.620. The van der Waals surface area contributed by atoms with E-state index in [0.717, 1.165) is 19.3 Å². The number of halogens is 1. The highest BCUT2D eigenvalue weighted by molar-refractivity contribution is 7.89. The molecule has 6 heteroatoms. The lowest BCUT2D eigenvalue weighted by Gasteiger charge is -2.21. The zero-order valence-corrected chi connectivity index (χ0v) is 12.1. The molecule has 0 radical (unpaired) electrons. The van der Waals surface area contributed by atoms with Gasteiger partial charge in [0.05, 0.1) is 11.1 Å². The molecule has 1 aliphatic rings. The first kappa shape index (κ1) is 14.8. The molecule has 1 aliphatic carbocycles. The third kappa shape index (κ3) is 3.69. The van der Waals surface area contributed by atoms with Crippen LogP contribution in [0.15, 0.2) is 29.2 Å². The van der Waals surface area contributed by atoms with E-state index in [2.05, 4.69) is 4.72 Å². The normalized spacial score (nSPS) is 24.9. The van der Waals surface area contributed by atoms with Crippen LogP contribution in [0.3, 0.4) is 0 Å². The minimum absolute atomic E-state index is 0.0631. The van der Waals surface area contributed by atoms with Crippen LogP contribution in [0.5, 0.6) is 0 Å². The van der Waals surface area contributed by atoms with Crippen LogP contribution in [0.4, 0.5) is 0 Å². The topological polar surface area (TPSA) is 66.4 Å². The van der Waals surface area contributed by atoms with E-state index in [-0.39, 0.29) is 9.92 Å². The molecule has 1 aromatic carbocycles. The van der Waals surface area contributed by atoms with Crippen molar-refractivity contribution in [1.29, 1.82) is 0 Å². The average molecular weight is 304 g/mol. The van der Waals surface area contributed by atoms with E-state index in [0.29, 0.717) is 12.8 Å².